The molecule has 0 aromatic carbocycles. The molecule has 0 fully saturated rings. The van der Waals surface area contributed by atoms with Crippen molar-refractivity contribution in [1.82, 2.24) is 9.97 Å². The standard InChI is InChI=1S/C12H12N4S/c1-3-14-12-8(2)11(15-7-16-12)10-5-4-9(6-13)17-10/h4-5,7H,3H2,1-2H3,(H,14,15,16). The second-order valence-electron chi connectivity index (χ2n) is 3.50. The monoisotopic (exact) mass is 244 g/mol. The second kappa shape index (κ2) is 4.93. The average Bonchev–Trinajstić information content (AvgIpc) is 2.80. The Morgan fingerprint density at radius 3 is 2.88 bits per heavy atom. The van der Waals surface area contributed by atoms with Crippen LogP contribution in [-0.4, -0.2) is 16.5 Å². The Balaban J connectivity index is 2.45. The number of nitrogens with zero attached hydrogens (tertiary/aromatic N) is 3. The molecule has 17 heavy (non-hydrogen) atoms. The third-order valence-corrected chi connectivity index (χ3v) is 3.37. The SMILES string of the molecule is CCNc1ncnc(-c2ccc(C#N)s2)c1C. The van der Waals surface area contributed by atoms with E-state index in [9.17, 15) is 0 Å². The zero-order valence-electron chi connectivity index (χ0n) is 9.69. The van der Waals surface area contributed by atoms with E-state index in [1.54, 1.807) is 6.33 Å². The van der Waals surface area contributed by atoms with Crippen molar-refractivity contribution in [3.8, 4) is 16.6 Å². The van der Waals surface area contributed by atoms with Crippen molar-refractivity contribution >= 4 is 17.2 Å². The molecule has 86 valence electrons. The van der Waals surface area contributed by atoms with Gasteiger partial charge in [0.15, 0.2) is 0 Å². The second-order valence-corrected chi connectivity index (χ2v) is 4.59. The number of thiophene rings is 1. The summed E-state index contributed by atoms with van der Waals surface area (Å²) in [6, 6.07) is 5.87. The Hall–Kier alpha value is -1.93. The van der Waals surface area contributed by atoms with Gasteiger partial charge in [-0.15, -0.1) is 11.3 Å². The van der Waals surface area contributed by atoms with Crippen LogP contribution >= 0.6 is 11.3 Å². The summed E-state index contributed by atoms with van der Waals surface area (Å²) < 4.78 is 0. The lowest BCUT2D eigenvalue weighted by molar-refractivity contribution is 1.09. The van der Waals surface area contributed by atoms with Gasteiger partial charge in [0.25, 0.3) is 0 Å². The van der Waals surface area contributed by atoms with E-state index in [2.05, 4.69) is 21.4 Å². The number of hydrogen-bond donors (Lipinski definition) is 1. The predicted molar refractivity (Wildman–Crippen MR) is 69.0 cm³/mol. The number of anilines is 1. The quantitative estimate of drug-likeness (QED) is 0.901. The van der Waals surface area contributed by atoms with Crippen LogP contribution in [0.1, 0.15) is 17.4 Å². The van der Waals surface area contributed by atoms with Crippen LogP contribution in [-0.2, 0) is 0 Å². The minimum absolute atomic E-state index is 0.697. The fourth-order valence-corrected chi connectivity index (χ4v) is 2.43. The first-order chi connectivity index (χ1) is 8.26. The molecule has 5 heteroatoms. The molecule has 2 aromatic rings. The summed E-state index contributed by atoms with van der Waals surface area (Å²) in [5.74, 6) is 0.851. The Morgan fingerprint density at radius 1 is 1.41 bits per heavy atom. The predicted octanol–water partition coefficient (Wildman–Crippen LogP) is 2.82. The number of nitriles is 1. The van der Waals surface area contributed by atoms with Gasteiger partial charge in [-0.05, 0) is 26.0 Å². The van der Waals surface area contributed by atoms with E-state index in [0.717, 1.165) is 28.5 Å². The number of rotatable bonds is 3. The van der Waals surface area contributed by atoms with Crippen molar-refractivity contribution in [2.75, 3.05) is 11.9 Å². The van der Waals surface area contributed by atoms with Crippen LogP contribution in [0.4, 0.5) is 5.82 Å². The first kappa shape index (κ1) is 11.6. The van der Waals surface area contributed by atoms with Crippen LogP contribution in [0.5, 0.6) is 0 Å². The van der Waals surface area contributed by atoms with E-state index in [0.29, 0.717) is 4.88 Å². The van der Waals surface area contributed by atoms with Gasteiger partial charge in [-0.2, -0.15) is 5.26 Å². The Bertz CT molecular complexity index is 568. The van der Waals surface area contributed by atoms with Gasteiger partial charge >= 0.3 is 0 Å². The van der Waals surface area contributed by atoms with Crippen LogP contribution in [0.25, 0.3) is 10.6 Å². The molecule has 0 amide bonds. The van der Waals surface area contributed by atoms with Crippen molar-refractivity contribution < 1.29 is 0 Å². The van der Waals surface area contributed by atoms with Gasteiger partial charge in [-0.1, -0.05) is 0 Å². The first-order valence-electron chi connectivity index (χ1n) is 5.32. The fourth-order valence-electron chi connectivity index (χ4n) is 1.57. The van der Waals surface area contributed by atoms with Gasteiger partial charge in [-0.3, -0.25) is 0 Å². The number of aromatic nitrogens is 2. The zero-order chi connectivity index (χ0) is 12.3. The summed E-state index contributed by atoms with van der Waals surface area (Å²) in [7, 11) is 0. The summed E-state index contributed by atoms with van der Waals surface area (Å²) in [4.78, 5) is 10.2. The van der Waals surface area contributed by atoms with E-state index in [1.807, 2.05) is 26.0 Å². The van der Waals surface area contributed by atoms with Crippen LogP contribution in [0.3, 0.4) is 0 Å². The largest absolute Gasteiger partial charge is 0.370 e. The van der Waals surface area contributed by atoms with Crippen LogP contribution < -0.4 is 5.32 Å². The highest BCUT2D eigenvalue weighted by Gasteiger charge is 2.10. The maximum atomic E-state index is 8.82. The highest BCUT2D eigenvalue weighted by Crippen LogP contribution is 2.30. The van der Waals surface area contributed by atoms with Gasteiger partial charge in [0, 0.05) is 12.1 Å². The smallest absolute Gasteiger partial charge is 0.132 e. The molecule has 4 nitrogen and oxygen atoms in total. The molecule has 0 unspecified atom stereocenters. The van der Waals surface area contributed by atoms with E-state index in [1.165, 1.54) is 11.3 Å². The minimum Gasteiger partial charge on any atom is -0.370 e. The molecule has 0 atom stereocenters. The Kier molecular flexibility index (Phi) is 3.35. The first-order valence-corrected chi connectivity index (χ1v) is 6.13. The minimum atomic E-state index is 0.697. The fraction of sp³-hybridized carbons (Fsp3) is 0.250. The highest BCUT2D eigenvalue weighted by molar-refractivity contribution is 7.16. The van der Waals surface area contributed by atoms with E-state index < -0.39 is 0 Å². The average molecular weight is 244 g/mol. The molecule has 0 saturated carbocycles. The molecule has 0 aliphatic rings. The van der Waals surface area contributed by atoms with Crippen molar-refractivity contribution in [3.63, 3.8) is 0 Å². The van der Waals surface area contributed by atoms with E-state index in [-0.39, 0.29) is 0 Å². The van der Waals surface area contributed by atoms with Crippen molar-refractivity contribution in [2.45, 2.75) is 13.8 Å². The molecular formula is C12H12N4S. The zero-order valence-corrected chi connectivity index (χ0v) is 10.5. The van der Waals surface area contributed by atoms with Gasteiger partial charge in [0.05, 0.1) is 10.6 Å². The van der Waals surface area contributed by atoms with Crippen LogP contribution in [0.2, 0.25) is 0 Å². The summed E-state index contributed by atoms with van der Waals surface area (Å²) >= 11 is 1.45. The third kappa shape index (κ3) is 2.27. The van der Waals surface area contributed by atoms with Crippen molar-refractivity contribution in [2.24, 2.45) is 0 Å². The molecule has 0 spiro atoms. The van der Waals surface area contributed by atoms with E-state index in [4.69, 9.17) is 5.26 Å². The van der Waals surface area contributed by atoms with Gasteiger partial charge in [0.2, 0.25) is 0 Å². The molecule has 2 rings (SSSR count). The number of hydrogen-bond acceptors (Lipinski definition) is 5. The normalized spacial score (nSPS) is 9.94. The molecule has 2 aromatic heterocycles. The number of nitrogens with one attached hydrogen (secondary N) is 1. The third-order valence-electron chi connectivity index (χ3n) is 2.38. The topological polar surface area (TPSA) is 61.6 Å². The summed E-state index contributed by atoms with van der Waals surface area (Å²) in [6.45, 7) is 4.84. The van der Waals surface area contributed by atoms with Crippen molar-refractivity contribution in [1.29, 1.82) is 5.26 Å². The van der Waals surface area contributed by atoms with Gasteiger partial charge in [0.1, 0.15) is 23.1 Å². The molecule has 0 aliphatic heterocycles. The summed E-state index contributed by atoms with van der Waals surface area (Å²) in [5, 5.41) is 12.0. The molecule has 1 N–H and O–H groups in total. The Morgan fingerprint density at radius 2 is 2.24 bits per heavy atom. The lowest BCUT2D eigenvalue weighted by Gasteiger charge is -2.08. The maximum absolute atomic E-state index is 8.82. The lowest BCUT2D eigenvalue weighted by atomic mass is 10.2. The highest BCUT2D eigenvalue weighted by atomic mass is 32.1. The van der Waals surface area contributed by atoms with Gasteiger partial charge in [-0.25, -0.2) is 9.97 Å². The molecule has 0 bridgehead atoms. The van der Waals surface area contributed by atoms with Gasteiger partial charge < -0.3 is 5.32 Å². The molecule has 0 saturated heterocycles. The molecule has 0 aliphatic carbocycles. The van der Waals surface area contributed by atoms with Crippen molar-refractivity contribution in [3.05, 3.63) is 28.9 Å². The lowest BCUT2D eigenvalue weighted by Crippen LogP contribution is -2.03. The van der Waals surface area contributed by atoms with E-state index >= 15 is 0 Å². The molecule has 2 heterocycles. The van der Waals surface area contributed by atoms with Crippen LogP contribution in [0, 0.1) is 18.3 Å². The molecule has 0 radical (unpaired) electrons. The van der Waals surface area contributed by atoms with Crippen LogP contribution in [0.15, 0.2) is 18.5 Å². The summed E-state index contributed by atoms with van der Waals surface area (Å²) in [5.41, 5.74) is 1.91. The maximum Gasteiger partial charge on any atom is 0.132 e. The Labute approximate surface area is 104 Å². The molecular weight excluding hydrogens is 232 g/mol. The summed E-state index contributed by atoms with van der Waals surface area (Å²) in [6.07, 6.45) is 1.55.